The van der Waals surface area contributed by atoms with Gasteiger partial charge >= 0.3 is 0 Å². The normalized spacial score (nSPS) is 11.6. The number of allylic oxidation sites excluding steroid dienone is 1. The predicted octanol–water partition coefficient (Wildman–Crippen LogP) is 4.22. The zero-order valence-electron chi connectivity index (χ0n) is 9.08. The van der Waals surface area contributed by atoms with Crippen LogP contribution in [-0.4, -0.2) is 0 Å². The Kier molecular flexibility index (Phi) is 2.78. The number of anilines is 1. The molecule has 0 fully saturated rings. The molecule has 0 radical (unpaired) electrons. The highest BCUT2D eigenvalue weighted by atomic mass is 32.1. The molecule has 0 aliphatic rings. The Bertz CT molecular complexity index is 508. The quantitative estimate of drug-likeness (QED) is 0.749. The molecule has 0 saturated carbocycles. The first-order chi connectivity index (χ1) is 7.24. The number of aryl methyl sites for hydroxylation is 1. The maximum Gasteiger partial charge on any atom is 0.0581 e. The largest absolute Gasteiger partial charge is 0.398 e. The van der Waals surface area contributed by atoms with Gasteiger partial charge in [0.1, 0.15) is 0 Å². The van der Waals surface area contributed by atoms with Gasteiger partial charge in [0, 0.05) is 16.0 Å². The fourth-order valence-corrected chi connectivity index (χ4v) is 2.79. The van der Waals surface area contributed by atoms with Crippen LogP contribution >= 0.6 is 11.3 Å². The van der Waals surface area contributed by atoms with Gasteiger partial charge in [-0.05, 0) is 25.0 Å². The van der Waals surface area contributed by atoms with Crippen molar-refractivity contribution in [2.45, 2.75) is 20.3 Å². The molecule has 0 unspecified atom stereocenters. The second kappa shape index (κ2) is 4.07. The molecule has 2 N–H and O–H groups in total. The van der Waals surface area contributed by atoms with Crippen LogP contribution in [0.5, 0.6) is 0 Å². The van der Waals surface area contributed by atoms with Gasteiger partial charge in [0.2, 0.25) is 0 Å². The van der Waals surface area contributed by atoms with Crippen LogP contribution in [0.1, 0.15) is 23.8 Å². The molecule has 2 rings (SSSR count). The Hall–Kier alpha value is -1.28. The van der Waals surface area contributed by atoms with Crippen molar-refractivity contribution in [3.05, 3.63) is 34.7 Å². The minimum Gasteiger partial charge on any atom is -0.398 e. The van der Waals surface area contributed by atoms with Crippen LogP contribution in [0.25, 0.3) is 16.2 Å². The van der Waals surface area contributed by atoms with E-state index in [1.165, 1.54) is 20.5 Å². The fourth-order valence-electron chi connectivity index (χ4n) is 1.72. The average molecular weight is 217 g/mol. The summed E-state index contributed by atoms with van der Waals surface area (Å²) < 4.78 is 1.21. The van der Waals surface area contributed by atoms with Crippen LogP contribution in [0, 0.1) is 6.92 Å². The summed E-state index contributed by atoms with van der Waals surface area (Å²) in [5.74, 6) is 0. The van der Waals surface area contributed by atoms with Crippen molar-refractivity contribution in [3.63, 3.8) is 0 Å². The number of thiophene rings is 1. The first kappa shape index (κ1) is 10.2. The number of nitrogens with two attached hydrogens (primary N) is 1. The van der Waals surface area contributed by atoms with Gasteiger partial charge in [-0.15, -0.1) is 11.3 Å². The maximum absolute atomic E-state index is 5.95. The fraction of sp³-hybridized carbons (Fsp3) is 0.231. The van der Waals surface area contributed by atoms with Gasteiger partial charge in [-0.1, -0.05) is 31.2 Å². The molecule has 2 aromatic rings. The van der Waals surface area contributed by atoms with E-state index in [0.29, 0.717) is 0 Å². The number of hydrogen-bond acceptors (Lipinski definition) is 2. The number of fused-ring (bicyclic) bond motifs is 1. The molecule has 15 heavy (non-hydrogen) atoms. The minimum absolute atomic E-state index is 0.886. The van der Waals surface area contributed by atoms with Gasteiger partial charge in [-0.3, -0.25) is 0 Å². The maximum atomic E-state index is 5.95. The van der Waals surface area contributed by atoms with Crippen molar-refractivity contribution in [3.8, 4) is 0 Å². The first-order valence-electron chi connectivity index (χ1n) is 5.18. The highest BCUT2D eigenvalue weighted by Gasteiger charge is 2.07. The molecule has 1 nitrogen and oxygen atoms in total. The van der Waals surface area contributed by atoms with E-state index in [1.54, 1.807) is 11.3 Å². The zero-order chi connectivity index (χ0) is 10.8. The molecule has 1 aromatic heterocycles. The topological polar surface area (TPSA) is 26.0 Å². The Balaban J connectivity index is 2.68. The summed E-state index contributed by atoms with van der Waals surface area (Å²) >= 11 is 1.78. The minimum atomic E-state index is 0.886. The van der Waals surface area contributed by atoms with Crippen molar-refractivity contribution in [2.24, 2.45) is 0 Å². The second-order valence-electron chi connectivity index (χ2n) is 3.61. The lowest BCUT2D eigenvalue weighted by Gasteiger charge is -1.95. The molecule has 1 heterocycles. The lowest BCUT2D eigenvalue weighted by molar-refractivity contribution is 1.23. The van der Waals surface area contributed by atoms with E-state index in [-0.39, 0.29) is 0 Å². The summed E-state index contributed by atoms with van der Waals surface area (Å²) in [5.41, 5.74) is 8.16. The molecule has 0 aliphatic heterocycles. The lowest BCUT2D eigenvalue weighted by atomic mass is 10.1. The van der Waals surface area contributed by atoms with Crippen LogP contribution < -0.4 is 5.73 Å². The average Bonchev–Trinajstić information content (AvgIpc) is 2.54. The molecule has 0 aliphatic carbocycles. The molecular weight excluding hydrogens is 202 g/mol. The highest BCUT2D eigenvalue weighted by Crippen LogP contribution is 2.35. The van der Waals surface area contributed by atoms with E-state index in [4.69, 9.17) is 5.73 Å². The Morgan fingerprint density at radius 2 is 2.20 bits per heavy atom. The number of nitrogen functional groups attached to an aromatic ring is 1. The highest BCUT2D eigenvalue weighted by molar-refractivity contribution is 7.20. The summed E-state index contributed by atoms with van der Waals surface area (Å²) in [4.78, 5) is 1.34. The van der Waals surface area contributed by atoms with E-state index in [0.717, 1.165) is 12.1 Å². The monoisotopic (exact) mass is 217 g/mol. The van der Waals surface area contributed by atoms with Gasteiger partial charge < -0.3 is 5.73 Å². The molecule has 0 spiro atoms. The van der Waals surface area contributed by atoms with Gasteiger partial charge in [0.25, 0.3) is 0 Å². The van der Waals surface area contributed by atoms with Gasteiger partial charge in [0.15, 0.2) is 0 Å². The van der Waals surface area contributed by atoms with Crippen molar-refractivity contribution in [2.75, 3.05) is 5.73 Å². The standard InChI is InChI=1S/C13H15NS/c1-3-4-6-10-9(2)15-13-11(10)7-5-8-12(13)14/h4-8H,3,14H2,1-2H3/b6-4-. The zero-order valence-corrected chi connectivity index (χ0v) is 9.90. The van der Waals surface area contributed by atoms with Crippen molar-refractivity contribution in [1.82, 2.24) is 0 Å². The molecule has 78 valence electrons. The lowest BCUT2D eigenvalue weighted by Crippen LogP contribution is -1.82. The third-order valence-corrected chi connectivity index (χ3v) is 3.68. The molecule has 1 aromatic carbocycles. The Labute approximate surface area is 94.2 Å². The predicted molar refractivity (Wildman–Crippen MR) is 70.3 cm³/mol. The van der Waals surface area contributed by atoms with Crippen molar-refractivity contribution in [1.29, 1.82) is 0 Å². The van der Waals surface area contributed by atoms with E-state index in [2.05, 4.69) is 32.1 Å². The van der Waals surface area contributed by atoms with E-state index in [9.17, 15) is 0 Å². The third-order valence-electron chi connectivity index (χ3n) is 2.49. The summed E-state index contributed by atoms with van der Waals surface area (Å²) in [6.07, 6.45) is 5.46. The Morgan fingerprint density at radius 3 is 2.93 bits per heavy atom. The summed E-state index contributed by atoms with van der Waals surface area (Å²) in [5, 5.41) is 1.28. The van der Waals surface area contributed by atoms with Gasteiger partial charge in [0.05, 0.1) is 4.70 Å². The van der Waals surface area contributed by atoms with Crippen LogP contribution in [0.15, 0.2) is 24.3 Å². The third kappa shape index (κ3) is 1.77. The van der Waals surface area contributed by atoms with E-state index >= 15 is 0 Å². The molecule has 0 atom stereocenters. The number of rotatable bonds is 2. The van der Waals surface area contributed by atoms with E-state index in [1.807, 2.05) is 12.1 Å². The van der Waals surface area contributed by atoms with E-state index < -0.39 is 0 Å². The van der Waals surface area contributed by atoms with Crippen LogP contribution in [0.2, 0.25) is 0 Å². The SMILES string of the molecule is CC/C=C\c1c(C)sc2c(N)cccc12. The molecule has 0 saturated heterocycles. The second-order valence-corrected chi connectivity index (χ2v) is 4.83. The van der Waals surface area contributed by atoms with Crippen LogP contribution in [0.3, 0.4) is 0 Å². The molecule has 2 heteroatoms. The van der Waals surface area contributed by atoms with Gasteiger partial charge in [-0.2, -0.15) is 0 Å². The van der Waals surface area contributed by atoms with Gasteiger partial charge in [-0.25, -0.2) is 0 Å². The molecule has 0 amide bonds. The van der Waals surface area contributed by atoms with Crippen LogP contribution in [-0.2, 0) is 0 Å². The molecular formula is C13H15NS. The van der Waals surface area contributed by atoms with Crippen molar-refractivity contribution >= 4 is 33.2 Å². The summed E-state index contributed by atoms with van der Waals surface area (Å²) in [6.45, 7) is 4.30. The Morgan fingerprint density at radius 1 is 1.40 bits per heavy atom. The van der Waals surface area contributed by atoms with Crippen molar-refractivity contribution < 1.29 is 0 Å². The summed E-state index contributed by atoms with van der Waals surface area (Å²) in [6, 6.07) is 6.13. The molecule has 0 bridgehead atoms. The smallest absolute Gasteiger partial charge is 0.0581 e. The number of hydrogen-bond donors (Lipinski definition) is 1. The number of benzene rings is 1. The summed E-state index contributed by atoms with van der Waals surface area (Å²) in [7, 11) is 0. The van der Waals surface area contributed by atoms with Crippen LogP contribution in [0.4, 0.5) is 5.69 Å². The first-order valence-corrected chi connectivity index (χ1v) is 5.99.